The number of hydrogen-bond acceptors (Lipinski definition) is 8. The van der Waals surface area contributed by atoms with Crippen molar-refractivity contribution in [2.24, 2.45) is 0 Å². The van der Waals surface area contributed by atoms with Crippen LogP contribution >= 0.6 is 23.6 Å². The molecule has 1 heterocycles. The molecule has 1 aliphatic carbocycles. The molecule has 35 heavy (non-hydrogen) atoms. The number of fused-ring (bicyclic) bond motifs is 1. The number of hydrogen-bond donors (Lipinski definition) is 2. The maximum absolute atomic E-state index is 12.8. The van der Waals surface area contributed by atoms with Crippen molar-refractivity contribution in [3.63, 3.8) is 0 Å². The molecular formula is C25H30N2O6S2. The minimum atomic E-state index is -0.553. The summed E-state index contributed by atoms with van der Waals surface area (Å²) in [5.41, 5.74) is 2.32. The third-order valence-corrected chi connectivity index (χ3v) is 6.81. The van der Waals surface area contributed by atoms with Crippen LogP contribution in [0.25, 0.3) is 0 Å². The van der Waals surface area contributed by atoms with Crippen LogP contribution in [0, 0.1) is 0 Å². The summed E-state index contributed by atoms with van der Waals surface area (Å²) in [6.07, 6.45) is 4.93. The summed E-state index contributed by atoms with van der Waals surface area (Å²) in [4.78, 5) is 38.7. The second-order valence-corrected chi connectivity index (χ2v) is 9.28. The van der Waals surface area contributed by atoms with Crippen LogP contribution in [0.15, 0.2) is 18.2 Å². The van der Waals surface area contributed by atoms with E-state index in [2.05, 4.69) is 10.6 Å². The fourth-order valence-corrected chi connectivity index (χ4v) is 5.44. The molecule has 0 radical (unpaired) electrons. The van der Waals surface area contributed by atoms with Crippen molar-refractivity contribution in [3.05, 3.63) is 45.3 Å². The number of ether oxygens (including phenoxy) is 3. The van der Waals surface area contributed by atoms with Gasteiger partial charge in [-0.05, 0) is 82.4 Å². The highest BCUT2D eigenvalue weighted by Gasteiger charge is 2.26. The number of nitrogens with one attached hydrogen (secondary N) is 2. The Morgan fingerprint density at radius 3 is 2.26 bits per heavy atom. The number of carbonyl (C=O) groups is 3. The van der Waals surface area contributed by atoms with Crippen LogP contribution in [0.2, 0.25) is 0 Å². The zero-order valence-electron chi connectivity index (χ0n) is 20.2. The Hall–Kier alpha value is -2.98. The molecule has 2 aromatic rings. The lowest BCUT2D eigenvalue weighted by Gasteiger charge is -2.15. The lowest BCUT2D eigenvalue weighted by molar-refractivity contribution is 0.0512. The van der Waals surface area contributed by atoms with Gasteiger partial charge in [0.1, 0.15) is 5.00 Å². The molecule has 188 valence electrons. The Morgan fingerprint density at radius 2 is 1.54 bits per heavy atom. The van der Waals surface area contributed by atoms with E-state index in [1.54, 1.807) is 20.8 Å². The zero-order chi connectivity index (χ0) is 25.4. The summed E-state index contributed by atoms with van der Waals surface area (Å²) in [5.74, 6) is -1.45. The highest BCUT2D eigenvalue weighted by Crippen LogP contribution is 2.38. The van der Waals surface area contributed by atoms with Gasteiger partial charge in [-0.3, -0.25) is 0 Å². The van der Waals surface area contributed by atoms with Crippen LogP contribution in [-0.4, -0.2) is 42.8 Å². The number of thiocarbonyl (C=S) groups is 1. The molecular weight excluding hydrogens is 488 g/mol. The number of carbonyl (C=O) groups excluding carboxylic acids is 3. The molecule has 0 amide bonds. The molecule has 1 aliphatic rings. The van der Waals surface area contributed by atoms with Crippen molar-refractivity contribution in [1.82, 2.24) is 0 Å². The van der Waals surface area contributed by atoms with E-state index in [1.807, 2.05) is 0 Å². The van der Waals surface area contributed by atoms with Crippen molar-refractivity contribution >= 4 is 57.3 Å². The van der Waals surface area contributed by atoms with E-state index in [4.69, 9.17) is 26.4 Å². The van der Waals surface area contributed by atoms with Crippen molar-refractivity contribution in [2.45, 2.75) is 52.9 Å². The van der Waals surface area contributed by atoms with Crippen molar-refractivity contribution < 1.29 is 28.6 Å². The molecule has 10 heteroatoms. The Kier molecular flexibility index (Phi) is 9.62. The first kappa shape index (κ1) is 26.6. The Bertz CT molecular complexity index is 1110. The third-order valence-electron chi connectivity index (χ3n) is 5.40. The molecule has 0 aliphatic heterocycles. The van der Waals surface area contributed by atoms with Crippen LogP contribution in [0.5, 0.6) is 0 Å². The molecule has 0 atom stereocenters. The number of aryl methyl sites for hydroxylation is 1. The maximum atomic E-state index is 12.8. The molecule has 1 aromatic carbocycles. The molecule has 0 spiro atoms. The van der Waals surface area contributed by atoms with E-state index < -0.39 is 11.9 Å². The third kappa shape index (κ3) is 6.58. The van der Waals surface area contributed by atoms with Gasteiger partial charge in [-0.15, -0.1) is 11.3 Å². The van der Waals surface area contributed by atoms with E-state index in [1.165, 1.54) is 29.5 Å². The van der Waals surface area contributed by atoms with Gasteiger partial charge in [0.2, 0.25) is 0 Å². The van der Waals surface area contributed by atoms with Crippen LogP contribution in [0.3, 0.4) is 0 Å². The predicted molar refractivity (Wildman–Crippen MR) is 140 cm³/mol. The summed E-state index contributed by atoms with van der Waals surface area (Å²) in [6.45, 7) is 5.89. The van der Waals surface area contributed by atoms with E-state index in [0.717, 1.165) is 42.5 Å². The highest BCUT2D eigenvalue weighted by atomic mass is 32.1. The standard InChI is InChI=1S/C25H30N2O6S2/c1-4-31-22(28)15-12-13-16(23(29)32-5-2)18(14-15)26-25(34)27-21-20(24(30)33-6-3)17-10-8-7-9-11-19(17)35-21/h12-14H,4-11H2,1-3H3,(H2,26,27,34). The van der Waals surface area contributed by atoms with Gasteiger partial charge < -0.3 is 24.8 Å². The smallest absolute Gasteiger partial charge is 0.341 e. The first-order valence-corrected chi connectivity index (χ1v) is 13.0. The lowest BCUT2D eigenvalue weighted by atomic mass is 10.1. The van der Waals surface area contributed by atoms with Gasteiger partial charge in [-0.1, -0.05) is 6.42 Å². The van der Waals surface area contributed by atoms with Crippen LogP contribution in [0.1, 0.15) is 81.5 Å². The predicted octanol–water partition coefficient (Wildman–Crippen LogP) is 5.36. The minimum Gasteiger partial charge on any atom is -0.462 e. The van der Waals surface area contributed by atoms with Crippen LogP contribution < -0.4 is 10.6 Å². The lowest BCUT2D eigenvalue weighted by Crippen LogP contribution is -2.22. The normalized spacial score (nSPS) is 12.7. The summed E-state index contributed by atoms with van der Waals surface area (Å²) in [7, 11) is 0. The van der Waals surface area contributed by atoms with Gasteiger partial charge in [0.25, 0.3) is 0 Å². The fourth-order valence-electron chi connectivity index (χ4n) is 3.88. The fraction of sp³-hybridized carbons (Fsp3) is 0.440. The summed E-state index contributed by atoms with van der Waals surface area (Å²) in [5, 5.41) is 6.88. The van der Waals surface area contributed by atoms with Gasteiger partial charge in [0.05, 0.1) is 42.2 Å². The number of benzene rings is 1. The molecule has 0 bridgehead atoms. The van der Waals surface area contributed by atoms with Crippen molar-refractivity contribution in [2.75, 3.05) is 30.5 Å². The number of esters is 3. The minimum absolute atomic E-state index is 0.165. The Morgan fingerprint density at radius 1 is 0.886 bits per heavy atom. The van der Waals surface area contributed by atoms with Gasteiger partial charge in [-0.25, -0.2) is 14.4 Å². The van der Waals surface area contributed by atoms with Crippen LogP contribution in [0.4, 0.5) is 10.7 Å². The topological polar surface area (TPSA) is 103 Å². The Balaban J connectivity index is 1.91. The average Bonchev–Trinajstić information content (AvgIpc) is 2.99. The molecule has 0 saturated heterocycles. The quantitative estimate of drug-likeness (QED) is 0.207. The highest BCUT2D eigenvalue weighted by molar-refractivity contribution is 7.80. The summed E-state index contributed by atoms with van der Waals surface area (Å²) >= 11 is 7.03. The summed E-state index contributed by atoms with van der Waals surface area (Å²) < 4.78 is 15.5. The van der Waals surface area contributed by atoms with Gasteiger partial charge in [0.15, 0.2) is 5.11 Å². The van der Waals surface area contributed by atoms with Gasteiger partial charge >= 0.3 is 17.9 Å². The molecule has 1 aromatic heterocycles. The molecule has 0 saturated carbocycles. The molecule has 2 N–H and O–H groups in total. The van der Waals surface area contributed by atoms with Crippen molar-refractivity contribution in [1.29, 1.82) is 0 Å². The zero-order valence-corrected chi connectivity index (χ0v) is 21.8. The van der Waals surface area contributed by atoms with Gasteiger partial charge in [0, 0.05) is 4.88 Å². The number of thiophene rings is 1. The van der Waals surface area contributed by atoms with E-state index in [9.17, 15) is 14.4 Å². The van der Waals surface area contributed by atoms with E-state index in [-0.39, 0.29) is 42.0 Å². The molecule has 0 fully saturated rings. The monoisotopic (exact) mass is 518 g/mol. The largest absolute Gasteiger partial charge is 0.462 e. The first-order chi connectivity index (χ1) is 16.9. The van der Waals surface area contributed by atoms with E-state index >= 15 is 0 Å². The summed E-state index contributed by atoms with van der Waals surface area (Å²) in [6, 6.07) is 4.49. The number of anilines is 2. The molecule has 3 rings (SSSR count). The number of rotatable bonds is 8. The SMILES string of the molecule is CCOC(=O)c1ccc(C(=O)OCC)c(NC(=S)Nc2sc3c(c2C(=O)OCC)CCCCC3)c1. The van der Waals surface area contributed by atoms with Crippen LogP contribution in [-0.2, 0) is 27.1 Å². The van der Waals surface area contributed by atoms with E-state index in [0.29, 0.717) is 16.3 Å². The average molecular weight is 519 g/mol. The molecule has 8 nitrogen and oxygen atoms in total. The van der Waals surface area contributed by atoms with Crippen molar-refractivity contribution in [3.8, 4) is 0 Å². The van der Waals surface area contributed by atoms with Gasteiger partial charge in [-0.2, -0.15) is 0 Å². The second-order valence-electron chi connectivity index (χ2n) is 7.77. The maximum Gasteiger partial charge on any atom is 0.341 e. The Labute approximate surface area is 214 Å². The molecule has 0 unspecified atom stereocenters. The first-order valence-electron chi connectivity index (χ1n) is 11.8. The second kappa shape index (κ2) is 12.6.